The second kappa shape index (κ2) is 9.94. The van der Waals surface area contributed by atoms with Crippen molar-refractivity contribution in [2.75, 3.05) is 39.3 Å². The van der Waals surface area contributed by atoms with Gasteiger partial charge in [0.15, 0.2) is 6.54 Å². The molecule has 0 radical (unpaired) electrons. The van der Waals surface area contributed by atoms with Crippen molar-refractivity contribution in [3.63, 3.8) is 0 Å². The monoisotopic (exact) mass is 415 g/mol. The van der Waals surface area contributed by atoms with Crippen LogP contribution in [-0.4, -0.2) is 69.8 Å². The molecule has 156 valence electrons. The fraction of sp³-hybridized carbons (Fsp3) is 0.556. The fourth-order valence-corrected chi connectivity index (χ4v) is 4.51. The summed E-state index contributed by atoms with van der Waals surface area (Å²) in [7, 11) is -3.89. The highest BCUT2D eigenvalue weighted by Gasteiger charge is 2.32. The Morgan fingerprint density at radius 1 is 1.25 bits per heavy atom. The maximum absolute atomic E-state index is 13.9. The minimum atomic E-state index is -3.89. The third-order valence-corrected chi connectivity index (χ3v) is 6.55. The van der Waals surface area contributed by atoms with E-state index in [1.165, 1.54) is 22.5 Å². The number of carbonyl (C=O) groups excluding carboxylic acids is 2. The Morgan fingerprint density at radius 3 is 2.50 bits per heavy atom. The molecule has 0 unspecified atom stereocenters. The van der Waals surface area contributed by atoms with E-state index in [1.54, 1.807) is 6.92 Å². The van der Waals surface area contributed by atoms with Crippen LogP contribution in [0.25, 0.3) is 0 Å². The predicted molar refractivity (Wildman–Crippen MR) is 102 cm³/mol. The molecule has 0 bridgehead atoms. The molecular formula is C18H28FN4O4S+. The SMILES string of the molecule is CCCNC(=O)[C@@H](C)NC(=O)C[NH+]1CCN(S(=O)(=O)c2ccccc2F)CC1. The van der Waals surface area contributed by atoms with Gasteiger partial charge in [-0.3, -0.25) is 9.59 Å². The normalized spacial score (nSPS) is 17.1. The van der Waals surface area contributed by atoms with Gasteiger partial charge in [-0.05, 0) is 25.5 Å². The summed E-state index contributed by atoms with van der Waals surface area (Å²) in [4.78, 5) is 24.5. The number of nitrogens with one attached hydrogen (secondary N) is 3. The molecule has 1 aliphatic heterocycles. The van der Waals surface area contributed by atoms with E-state index in [9.17, 15) is 22.4 Å². The molecule has 0 spiro atoms. The molecule has 2 rings (SSSR count). The quantitative estimate of drug-likeness (QED) is 0.494. The van der Waals surface area contributed by atoms with Crippen LogP contribution in [0.4, 0.5) is 4.39 Å². The second-order valence-electron chi connectivity index (χ2n) is 6.84. The van der Waals surface area contributed by atoms with Gasteiger partial charge in [0.1, 0.15) is 16.8 Å². The van der Waals surface area contributed by atoms with Crippen LogP contribution in [0.2, 0.25) is 0 Å². The Morgan fingerprint density at radius 2 is 1.89 bits per heavy atom. The van der Waals surface area contributed by atoms with Gasteiger partial charge in [0.25, 0.3) is 5.91 Å². The van der Waals surface area contributed by atoms with E-state index in [0.717, 1.165) is 17.4 Å². The van der Waals surface area contributed by atoms with E-state index in [4.69, 9.17) is 0 Å². The van der Waals surface area contributed by atoms with Crippen LogP contribution < -0.4 is 15.5 Å². The number of amides is 2. The number of rotatable bonds is 8. The third kappa shape index (κ3) is 5.73. The van der Waals surface area contributed by atoms with Crippen LogP contribution in [0.3, 0.4) is 0 Å². The van der Waals surface area contributed by atoms with Gasteiger partial charge in [-0.2, -0.15) is 4.31 Å². The highest BCUT2D eigenvalue weighted by molar-refractivity contribution is 7.89. The Bertz CT molecular complexity index is 795. The van der Waals surface area contributed by atoms with Gasteiger partial charge in [0.05, 0.1) is 26.2 Å². The molecule has 1 atom stereocenters. The summed E-state index contributed by atoms with van der Waals surface area (Å²) in [6.45, 7) is 5.53. The van der Waals surface area contributed by atoms with E-state index in [-0.39, 0.29) is 36.3 Å². The van der Waals surface area contributed by atoms with Crippen LogP contribution in [-0.2, 0) is 19.6 Å². The van der Waals surface area contributed by atoms with Gasteiger partial charge in [-0.15, -0.1) is 0 Å². The molecule has 2 amide bonds. The van der Waals surface area contributed by atoms with Crippen molar-refractivity contribution in [1.29, 1.82) is 0 Å². The molecule has 1 aliphatic rings. The topological polar surface area (TPSA) is 100 Å². The lowest BCUT2D eigenvalue weighted by molar-refractivity contribution is -0.895. The largest absolute Gasteiger partial charge is 0.354 e. The van der Waals surface area contributed by atoms with Crippen molar-refractivity contribution in [1.82, 2.24) is 14.9 Å². The first-order chi connectivity index (χ1) is 13.3. The van der Waals surface area contributed by atoms with Gasteiger partial charge in [-0.25, -0.2) is 12.8 Å². The Balaban J connectivity index is 1.84. The van der Waals surface area contributed by atoms with Crippen molar-refractivity contribution in [2.45, 2.75) is 31.2 Å². The van der Waals surface area contributed by atoms with E-state index in [2.05, 4.69) is 10.6 Å². The first-order valence-corrected chi connectivity index (χ1v) is 10.8. The first kappa shape index (κ1) is 22.3. The second-order valence-corrected chi connectivity index (χ2v) is 8.75. The van der Waals surface area contributed by atoms with Crippen LogP contribution in [0.1, 0.15) is 20.3 Å². The molecule has 0 aliphatic carbocycles. The standard InChI is InChI=1S/C18H27FN4O4S/c1-3-8-20-18(25)14(2)21-17(24)13-22-9-11-23(12-10-22)28(26,27)16-7-5-4-6-15(16)19/h4-7,14H,3,8-13H2,1-2H3,(H,20,25)(H,21,24)/p+1/t14-/m1/s1. The molecule has 0 aromatic heterocycles. The first-order valence-electron chi connectivity index (χ1n) is 9.41. The number of nitrogens with zero attached hydrogens (tertiary/aromatic N) is 1. The number of sulfonamides is 1. The Labute approximate surface area is 165 Å². The molecule has 10 heteroatoms. The van der Waals surface area contributed by atoms with Gasteiger partial charge in [0, 0.05) is 6.54 Å². The Hall–Kier alpha value is -2.04. The summed E-state index contributed by atoms with van der Waals surface area (Å²) in [5, 5.41) is 5.38. The molecule has 1 aromatic rings. The van der Waals surface area contributed by atoms with Crippen molar-refractivity contribution in [2.24, 2.45) is 0 Å². The highest BCUT2D eigenvalue weighted by Crippen LogP contribution is 2.18. The van der Waals surface area contributed by atoms with E-state index < -0.39 is 21.9 Å². The lowest BCUT2D eigenvalue weighted by Gasteiger charge is -2.31. The summed E-state index contributed by atoms with van der Waals surface area (Å²) >= 11 is 0. The van der Waals surface area contributed by atoms with Crippen molar-refractivity contribution in [3.05, 3.63) is 30.1 Å². The van der Waals surface area contributed by atoms with Gasteiger partial charge in [-0.1, -0.05) is 19.1 Å². The summed E-state index contributed by atoms with van der Waals surface area (Å²) in [5.41, 5.74) is 0. The summed E-state index contributed by atoms with van der Waals surface area (Å²) in [6.07, 6.45) is 0.816. The lowest BCUT2D eigenvalue weighted by atomic mass is 10.3. The number of hydrogen-bond acceptors (Lipinski definition) is 4. The molecule has 0 saturated carbocycles. The lowest BCUT2D eigenvalue weighted by Crippen LogP contribution is -3.15. The molecule has 8 nitrogen and oxygen atoms in total. The summed E-state index contributed by atoms with van der Waals surface area (Å²) in [5.74, 6) is -1.27. The molecule has 1 heterocycles. The number of carbonyl (C=O) groups is 2. The minimum absolute atomic E-state index is 0.152. The zero-order valence-corrected chi connectivity index (χ0v) is 17.0. The van der Waals surface area contributed by atoms with Crippen molar-refractivity contribution < 1.29 is 27.3 Å². The van der Waals surface area contributed by atoms with E-state index in [0.29, 0.717) is 19.6 Å². The van der Waals surface area contributed by atoms with E-state index in [1.807, 2.05) is 6.92 Å². The van der Waals surface area contributed by atoms with E-state index >= 15 is 0 Å². The van der Waals surface area contributed by atoms with Crippen LogP contribution in [0.5, 0.6) is 0 Å². The number of benzene rings is 1. The fourth-order valence-electron chi connectivity index (χ4n) is 3.00. The third-order valence-electron chi connectivity index (χ3n) is 4.61. The predicted octanol–water partition coefficient (Wildman–Crippen LogP) is -1.25. The highest BCUT2D eigenvalue weighted by atomic mass is 32.2. The smallest absolute Gasteiger partial charge is 0.275 e. The average Bonchev–Trinajstić information content (AvgIpc) is 2.66. The molecule has 1 fully saturated rings. The van der Waals surface area contributed by atoms with Crippen LogP contribution in [0.15, 0.2) is 29.2 Å². The molecular weight excluding hydrogens is 387 g/mol. The average molecular weight is 416 g/mol. The van der Waals surface area contributed by atoms with Crippen molar-refractivity contribution in [3.8, 4) is 0 Å². The van der Waals surface area contributed by atoms with Gasteiger partial charge >= 0.3 is 0 Å². The molecule has 3 N–H and O–H groups in total. The number of hydrogen-bond donors (Lipinski definition) is 3. The summed E-state index contributed by atoms with van der Waals surface area (Å²) < 4.78 is 40.3. The zero-order valence-electron chi connectivity index (χ0n) is 16.2. The van der Waals surface area contributed by atoms with Gasteiger partial charge in [0.2, 0.25) is 15.9 Å². The zero-order chi connectivity index (χ0) is 20.7. The summed E-state index contributed by atoms with van der Waals surface area (Å²) in [6, 6.07) is 4.68. The maximum atomic E-state index is 13.9. The van der Waals surface area contributed by atoms with Crippen LogP contribution >= 0.6 is 0 Å². The number of quaternary nitrogens is 1. The number of halogens is 1. The Kier molecular flexibility index (Phi) is 7.90. The number of piperazine rings is 1. The van der Waals surface area contributed by atoms with Crippen molar-refractivity contribution >= 4 is 21.8 Å². The molecule has 28 heavy (non-hydrogen) atoms. The maximum Gasteiger partial charge on any atom is 0.275 e. The molecule has 1 aromatic carbocycles. The van der Waals surface area contributed by atoms with Gasteiger partial charge < -0.3 is 15.5 Å². The molecule has 1 saturated heterocycles. The van der Waals surface area contributed by atoms with Crippen LogP contribution in [0, 0.1) is 5.82 Å². The minimum Gasteiger partial charge on any atom is -0.354 e.